The van der Waals surface area contributed by atoms with Gasteiger partial charge in [-0.05, 0) is 39.7 Å². The molecule has 0 aromatic carbocycles. The summed E-state index contributed by atoms with van der Waals surface area (Å²) in [6.45, 7) is 20.1. The van der Waals surface area contributed by atoms with Gasteiger partial charge in [0.05, 0.1) is 6.61 Å². The normalized spacial score (nSPS) is 25.4. The number of rotatable bonds is 8. The van der Waals surface area contributed by atoms with Crippen molar-refractivity contribution in [2.24, 2.45) is 11.3 Å². The van der Waals surface area contributed by atoms with Crippen molar-refractivity contribution in [1.29, 1.82) is 0 Å². The van der Waals surface area contributed by atoms with Gasteiger partial charge in [0.2, 0.25) is 0 Å². The molecule has 1 heterocycles. The molecule has 120 valence electrons. The molecule has 1 aliphatic rings. The molecule has 3 nitrogen and oxygen atoms in total. The summed E-state index contributed by atoms with van der Waals surface area (Å²) in [4.78, 5) is 2.62. The van der Waals surface area contributed by atoms with Crippen LogP contribution in [0.2, 0.25) is 0 Å². The summed E-state index contributed by atoms with van der Waals surface area (Å²) in [6.07, 6.45) is 2.45. The Kier molecular flexibility index (Phi) is 6.96. The lowest BCUT2D eigenvalue weighted by Crippen LogP contribution is -2.49. The molecule has 0 bridgehead atoms. The number of nitrogens with zero attached hydrogens (tertiary/aromatic N) is 1. The van der Waals surface area contributed by atoms with Gasteiger partial charge in [-0.3, -0.25) is 0 Å². The minimum Gasteiger partial charge on any atom is -0.381 e. The molecule has 0 spiro atoms. The fraction of sp³-hybridized carbons (Fsp3) is 1.00. The Labute approximate surface area is 126 Å². The Hall–Kier alpha value is -0.120. The predicted molar refractivity (Wildman–Crippen MR) is 87.2 cm³/mol. The highest BCUT2D eigenvalue weighted by Gasteiger charge is 2.37. The van der Waals surface area contributed by atoms with Gasteiger partial charge in [-0.25, -0.2) is 0 Å². The standard InChI is InChI=1S/C17H36N2O/c1-7-15(3)11-19(8-2)13-17(9-10-20-14-17)12-18-16(4,5)6/h15,18H,7-14H2,1-6H3. The Bertz CT molecular complexity index is 267. The average molecular weight is 284 g/mol. The Morgan fingerprint density at radius 2 is 2.00 bits per heavy atom. The summed E-state index contributed by atoms with van der Waals surface area (Å²) in [5, 5.41) is 3.69. The second kappa shape index (κ2) is 7.77. The van der Waals surface area contributed by atoms with Crippen molar-refractivity contribution in [3.05, 3.63) is 0 Å². The highest BCUT2D eigenvalue weighted by molar-refractivity contribution is 4.90. The highest BCUT2D eigenvalue weighted by Crippen LogP contribution is 2.30. The quantitative estimate of drug-likeness (QED) is 0.741. The molecule has 0 saturated carbocycles. The second-order valence-electron chi connectivity index (χ2n) is 7.75. The van der Waals surface area contributed by atoms with E-state index in [1.165, 1.54) is 19.4 Å². The Balaban J connectivity index is 2.60. The van der Waals surface area contributed by atoms with E-state index in [0.717, 1.165) is 38.8 Å². The Morgan fingerprint density at radius 1 is 1.30 bits per heavy atom. The van der Waals surface area contributed by atoms with E-state index >= 15 is 0 Å². The number of hydrogen-bond acceptors (Lipinski definition) is 3. The Morgan fingerprint density at radius 3 is 2.45 bits per heavy atom. The van der Waals surface area contributed by atoms with Gasteiger partial charge < -0.3 is 15.0 Å². The van der Waals surface area contributed by atoms with Crippen LogP contribution in [0, 0.1) is 11.3 Å². The molecule has 1 N–H and O–H groups in total. The predicted octanol–water partition coefficient (Wildman–Crippen LogP) is 3.15. The zero-order chi connectivity index (χ0) is 15.2. The molecule has 3 heteroatoms. The van der Waals surface area contributed by atoms with E-state index in [9.17, 15) is 0 Å². The third-order valence-corrected chi connectivity index (χ3v) is 4.45. The topological polar surface area (TPSA) is 24.5 Å². The molecular formula is C17H36N2O. The van der Waals surface area contributed by atoms with Gasteiger partial charge in [0.1, 0.15) is 0 Å². The molecule has 0 aliphatic carbocycles. The van der Waals surface area contributed by atoms with E-state index in [4.69, 9.17) is 4.74 Å². The van der Waals surface area contributed by atoms with E-state index in [-0.39, 0.29) is 5.54 Å². The summed E-state index contributed by atoms with van der Waals surface area (Å²) in [5.41, 5.74) is 0.486. The van der Waals surface area contributed by atoms with Crippen molar-refractivity contribution in [1.82, 2.24) is 10.2 Å². The SMILES string of the molecule is CCC(C)CN(CC)CC1(CNC(C)(C)C)CCOC1. The largest absolute Gasteiger partial charge is 0.381 e. The van der Waals surface area contributed by atoms with Gasteiger partial charge in [-0.1, -0.05) is 27.2 Å². The summed E-state index contributed by atoms with van der Waals surface area (Å²) >= 11 is 0. The van der Waals surface area contributed by atoms with Crippen LogP contribution in [-0.4, -0.2) is 49.8 Å². The van der Waals surface area contributed by atoms with Crippen LogP contribution in [0.3, 0.4) is 0 Å². The summed E-state index contributed by atoms with van der Waals surface area (Å²) < 4.78 is 5.74. The van der Waals surface area contributed by atoms with Crippen molar-refractivity contribution in [2.45, 2.75) is 59.9 Å². The molecule has 1 aliphatic heterocycles. The lowest BCUT2D eigenvalue weighted by Gasteiger charge is -2.37. The van der Waals surface area contributed by atoms with E-state index in [1.54, 1.807) is 0 Å². The lowest BCUT2D eigenvalue weighted by atomic mass is 9.85. The fourth-order valence-electron chi connectivity index (χ4n) is 2.77. The highest BCUT2D eigenvalue weighted by atomic mass is 16.5. The van der Waals surface area contributed by atoms with Crippen LogP contribution >= 0.6 is 0 Å². The maximum absolute atomic E-state index is 5.74. The van der Waals surface area contributed by atoms with Crippen molar-refractivity contribution in [2.75, 3.05) is 39.4 Å². The molecule has 1 fully saturated rings. The molecule has 1 rings (SSSR count). The van der Waals surface area contributed by atoms with Crippen molar-refractivity contribution in [3.8, 4) is 0 Å². The second-order valence-corrected chi connectivity index (χ2v) is 7.75. The fourth-order valence-corrected chi connectivity index (χ4v) is 2.77. The third kappa shape index (κ3) is 6.11. The third-order valence-electron chi connectivity index (χ3n) is 4.45. The first-order valence-corrected chi connectivity index (χ1v) is 8.35. The monoisotopic (exact) mass is 284 g/mol. The maximum Gasteiger partial charge on any atom is 0.0547 e. The van der Waals surface area contributed by atoms with E-state index < -0.39 is 0 Å². The lowest BCUT2D eigenvalue weighted by molar-refractivity contribution is 0.0979. The van der Waals surface area contributed by atoms with Crippen LogP contribution in [-0.2, 0) is 4.74 Å². The van der Waals surface area contributed by atoms with Crippen LogP contribution in [0.15, 0.2) is 0 Å². The van der Waals surface area contributed by atoms with E-state index in [1.807, 2.05) is 0 Å². The maximum atomic E-state index is 5.74. The first-order chi connectivity index (χ1) is 9.30. The first kappa shape index (κ1) is 17.9. The van der Waals surface area contributed by atoms with Crippen LogP contribution < -0.4 is 5.32 Å². The van der Waals surface area contributed by atoms with Crippen LogP contribution in [0.4, 0.5) is 0 Å². The molecule has 2 atom stereocenters. The summed E-state index contributed by atoms with van der Waals surface area (Å²) in [5.74, 6) is 0.782. The molecule has 0 radical (unpaired) electrons. The van der Waals surface area contributed by atoms with Gasteiger partial charge in [0, 0.05) is 37.2 Å². The molecule has 0 amide bonds. The van der Waals surface area contributed by atoms with Gasteiger partial charge in [-0.2, -0.15) is 0 Å². The zero-order valence-corrected chi connectivity index (χ0v) is 14.6. The van der Waals surface area contributed by atoms with Crippen molar-refractivity contribution < 1.29 is 4.74 Å². The van der Waals surface area contributed by atoms with Crippen molar-refractivity contribution in [3.63, 3.8) is 0 Å². The summed E-state index contributed by atoms with van der Waals surface area (Å²) in [6, 6.07) is 0. The van der Waals surface area contributed by atoms with E-state index in [0.29, 0.717) is 5.41 Å². The summed E-state index contributed by atoms with van der Waals surface area (Å²) in [7, 11) is 0. The molecule has 0 aromatic rings. The van der Waals surface area contributed by atoms with Gasteiger partial charge in [0.15, 0.2) is 0 Å². The van der Waals surface area contributed by atoms with Gasteiger partial charge >= 0.3 is 0 Å². The van der Waals surface area contributed by atoms with Crippen molar-refractivity contribution >= 4 is 0 Å². The minimum absolute atomic E-state index is 0.184. The van der Waals surface area contributed by atoms with Crippen LogP contribution in [0.1, 0.15) is 54.4 Å². The average Bonchev–Trinajstić information content (AvgIpc) is 2.84. The van der Waals surface area contributed by atoms with Gasteiger partial charge in [-0.15, -0.1) is 0 Å². The smallest absolute Gasteiger partial charge is 0.0547 e. The molecule has 20 heavy (non-hydrogen) atoms. The first-order valence-electron chi connectivity index (χ1n) is 8.35. The molecular weight excluding hydrogens is 248 g/mol. The number of hydrogen-bond donors (Lipinski definition) is 1. The zero-order valence-electron chi connectivity index (χ0n) is 14.6. The van der Waals surface area contributed by atoms with E-state index in [2.05, 4.69) is 51.8 Å². The number of ether oxygens (including phenoxy) is 1. The number of nitrogens with one attached hydrogen (secondary N) is 1. The molecule has 0 aromatic heterocycles. The minimum atomic E-state index is 0.184. The van der Waals surface area contributed by atoms with Gasteiger partial charge in [0.25, 0.3) is 0 Å². The van der Waals surface area contributed by atoms with Crippen LogP contribution in [0.5, 0.6) is 0 Å². The van der Waals surface area contributed by atoms with Crippen LogP contribution in [0.25, 0.3) is 0 Å². The molecule has 2 unspecified atom stereocenters. The molecule has 1 saturated heterocycles.